The molecule has 2 rings (SSSR count). The van der Waals surface area contributed by atoms with Gasteiger partial charge in [0.1, 0.15) is 0 Å². The fourth-order valence-electron chi connectivity index (χ4n) is 2.73. The molecule has 1 aliphatic rings. The molecule has 4 nitrogen and oxygen atoms in total. The molecule has 3 N–H and O–H groups in total. The highest BCUT2D eigenvalue weighted by Crippen LogP contribution is 2.28. The monoisotopic (exact) mass is 299 g/mol. The summed E-state index contributed by atoms with van der Waals surface area (Å²) < 4.78 is 27.5. The smallest absolute Gasteiger partial charge is 0.168 e. The van der Waals surface area contributed by atoms with Crippen molar-refractivity contribution in [2.75, 3.05) is 23.8 Å². The standard InChI is InChI=1S/C15H23F2N3O/c1-2-7-18-14-11(16)8-12(17)15(20-14)19-13-6-4-3-5-10(13)9-21/h8,10,13,21H,2-7,9H2,1H3,(H2,18,19,20). The lowest BCUT2D eigenvalue weighted by atomic mass is 9.85. The van der Waals surface area contributed by atoms with Crippen molar-refractivity contribution in [1.29, 1.82) is 0 Å². The van der Waals surface area contributed by atoms with E-state index in [1.54, 1.807) is 0 Å². The van der Waals surface area contributed by atoms with Gasteiger partial charge in [-0.15, -0.1) is 0 Å². The van der Waals surface area contributed by atoms with E-state index in [0.29, 0.717) is 6.54 Å². The average Bonchev–Trinajstić information content (AvgIpc) is 2.49. The number of aromatic nitrogens is 1. The molecular formula is C15H23F2N3O. The van der Waals surface area contributed by atoms with Crippen LogP contribution in [0.1, 0.15) is 39.0 Å². The molecule has 6 heteroatoms. The van der Waals surface area contributed by atoms with Crippen molar-refractivity contribution < 1.29 is 13.9 Å². The number of nitrogens with one attached hydrogen (secondary N) is 2. The molecule has 0 saturated heterocycles. The Morgan fingerprint density at radius 1 is 1.24 bits per heavy atom. The maximum atomic E-state index is 13.9. The number of anilines is 2. The molecule has 21 heavy (non-hydrogen) atoms. The zero-order valence-electron chi connectivity index (χ0n) is 12.3. The molecule has 0 spiro atoms. The summed E-state index contributed by atoms with van der Waals surface area (Å²) in [7, 11) is 0. The largest absolute Gasteiger partial charge is 0.396 e. The Morgan fingerprint density at radius 3 is 2.67 bits per heavy atom. The van der Waals surface area contributed by atoms with Crippen LogP contribution in [0, 0.1) is 17.6 Å². The number of pyridine rings is 1. The minimum absolute atomic E-state index is 0.0183. The van der Waals surface area contributed by atoms with Gasteiger partial charge in [-0.25, -0.2) is 13.8 Å². The molecule has 118 valence electrons. The molecule has 1 heterocycles. The van der Waals surface area contributed by atoms with Gasteiger partial charge in [-0.2, -0.15) is 0 Å². The maximum absolute atomic E-state index is 13.9. The molecule has 1 saturated carbocycles. The lowest BCUT2D eigenvalue weighted by molar-refractivity contribution is 0.178. The molecule has 0 radical (unpaired) electrons. The summed E-state index contributed by atoms with van der Waals surface area (Å²) in [6, 6.07) is 0.833. The first-order valence-electron chi connectivity index (χ1n) is 7.63. The quantitative estimate of drug-likeness (QED) is 0.755. The van der Waals surface area contributed by atoms with Gasteiger partial charge >= 0.3 is 0 Å². The van der Waals surface area contributed by atoms with Crippen molar-refractivity contribution in [3.05, 3.63) is 17.7 Å². The summed E-state index contributed by atoms with van der Waals surface area (Å²) in [5.74, 6) is -1.17. The van der Waals surface area contributed by atoms with Crippen molar-refractivity contribution in [3.8, 4) is 0 Å². The molecule has 1 aliphatic carbocycles. The summed E-state index contributed by atoms with van der Waals surface area (Å²) in [6.07, 6.45) is 4.72. The van der Waals surface area contributed by atoms with Gasteiger partial charge in [0.2, 0.25) is 0 Å². The van der Waals surface area contributed by atoms with Gasteiger partial charge in [-0.3, -0.25) is 0 Å². The first kappa shape index (κ1) is 15.9. The van der Waals surface area contributed by atoms with Gasteiger partial charge < -0.3 is 15.7 Å². The summed E-state index contributed by atoms with van der Waals surface area (Å²) in [6.45, 7) is 2.61. The third-order valence-electron chi connectivity index (χ3n) is 3.94. The van der Waals surface area contributed by atoms with Gasteiger partial charge in [0.25, 0.3) is 0 Å². The van der Waals surface area contributed by atoms with E-state index in [4.69, 9.17) is 0 Å². The Bertz CT molecular complexity index is 470. The second-order valence-corrected chi connectivity index (χ2v) is 5.55. The lowest BCUT2D eigenvalue weighted by Crippen LogP contribution is -2.35. The van der Waals surface area contributed by atoms with Crippen molar-refractivity contribution >= 4 is 11.6 Å². The first-order valence-corrected chi connectivity index (χ1v) is 7.63. The van der Waals surface area contributed by atoms with Crippen molar-refractivity contribution in [2.24, 2.45) is 5.92 Å². The van der Waals surface area contributed by atoms with Crippen LogP contribution in [0.3, 0.4) is 0 Å². The summed E-state index contributed by atoms with van der Waals surface area (Å²) >= 11 is 0. The fraction of sp³-hybridized carbons (Fsp3) is 0.667. The Balaban J connectivity index is 2.14. The molecular weight excluding hydrogens is 276 g/mol. The third-order valence-corrected chi connectivity index (χ3v) is 3.94. The van der Waals surface area contributed by atoms with Crippen LogP contribution in [-0.2, 0) is 0 Å². The van der Waals surface area contributed by atoms with E-state index in [2.05, 4.69) is 15.6 Å². The highest BCUT2D eigenvalue weighted by atomic mass is 19.1. The first-order chi connectivity index (χ1) is 10.2. The molecule has 1 aromatic rings. The van der Waals surface area contributed by atoms with E-state index in [9.17, 15) is 13.9 Å². The number of nitrogens with zero attached hydrogens (tertiary/aromatic N) is 1. The Kier molecular flexibility index (Phi) is 5.73. The minimum Gasteiger partial charge on any atom is -0.396 e. The average molecular weight is 299 g/mol. The van der Waals surface area contributed by atoms with Gasteiger partial charge in [0.05, 0.1) is 0 Å². The van der Waals surface area contributed by atoms with Crippen LogP contribution >= 0.6 is 0 Å². The number of aliphatic hydroxyl groups excluding tert-OH is 1. The van der Waals surface area contributed by atoms with Crippen LogP contribution in [0.2, 0.25) is 0 Å². The van der Waals surface area contributed by atoms with Crippen molar-refractivity contribution in [3.63, 3.8) is 0 Å². The SMILES string of the molecule is CCCNc1nc(NC2CCCCC2CO)c(F)cc1F. The molecule has 0 aliphatic heterocycles. The van der Waals surface area contributed by atoms with Crippen LogP contribution in [0.5, 0.6) is 0 Å². The van der Waals surface area contributed by atoms with E-state index in [1.165, 1.54) is 0 Å². The Hall–Kier alpha value is -1.43. The molecule has 0 aromatic carbocycles. The van der Waals surface area contributed by atoms with Crippen LogP contribution < -0.4 is 10.6 Å². The van der Waals surface area contributed by atoms with E-state index < -0.39 is 11.6 Å². The number of hydrogen-bond donors (Lipinski definition) is 3. The van der Waals surface area contributed by atoms with Gasteiger partial charge in [-0.05, 0) is 19.3 Å². The fourth-order valence-corrected chi connectivity index (χ4v) is 2.73. The zero-order valence-corrected chi connectivity index (χ0v) is 12.3. The Labute approximate surface area is 124 Å². The van der Waals surface area contributed by atoms with Crippen LogP contribution in [0.25, 0.3) is 0 Å². The van der Waals surface area contributed by atoms with Gasteiger partial charge in [-0.1, -0.05) is 19.8 Å². The summed E-state index contributed by atoms with van der Waals surface area (Å²) in [5, 5.41) is 15.3. The highest BCUT2D eigenvalue weighted by Gasteiger charge is 2.26. The molecule has 1 aromatic heterocycles. The van der Waals surface area contributed by atoms with E-state index in [1.807, 2.05) is 6.92 Å². The Morgan fingerprint density at radius 2 is 1.95 bits per heavy atom. The number of halogens is 2. The molecule has 1 fully saturated rings. The van der Waals surface area contributed by atoms with Crippen LogP contribution in [-0.4, -0.2) is 29.3 Å². The van der Waals surface area contributed by atoms with E-state index in [-0.39, 0.29) is 30.2 Å². The number of rotatable bonds is 6. The second-order valence-electron chi connectivity index (χ2n) is 5.55. The lowest BCUT2D eigenvalue weighted by Gasteiger charge is -2.31. The molecule has 2 atom stereocenters. The molecule has 0 amide bonds. The molecule has 2 unspecified atom stereocenters. The third kappa shape index (κ3) is 4.03. The van der Waals surface area contributed by atoms with Crippen molar-refractivity contribution in [2.45, 2.75) is 45.1 Å². The minimum atomic E-state index is -0.697. The second kappa shape index (κ2) is 7.54. The van der Waals surface area contributed by atoms with E-state index in [0.717, 1.165) is 38.2 Å². The highest BCUT2D eigenvalue weighted by molar-refractivity contribution is 5.48. The molecule has 0 bridgehead atoms. The van der Waals surface area contributed by atoms with Crippen molar-refractivity contribution in [1.82, 2.24) is 4.98 Å². The van der Waals surface area contributed by atoms with Crippen LogP contribution in [0.4, 0.5) is 20.4 Å². The van der Waals surface area contributed by atoms with E-state index >= 15 is 0 Å². The normalized spacial score (nSPS) is 22.1. The topological polar surface area (TPSA) is 57.2 Å². The van der Waals surface area contributed by atoms with Gasteiger partial charge in [0.15, 0.2) is 23.3 Å². The van der Waals surface area contributed by atoms with Crippen LogP contribution in [0.15, 0.2) is 6.07 Å². The maximum Gasteiger partial charge on any atom is 0.168 e. The summed E-state index contributed by atoms with van der Waals surface area (Å²) in [4.78, 5) is 4.02. The summed E-state index contributed by atoms with van der Waals surface area (Å²) in [5.41, 5.74) is 0. The van der Waals surface area contributed by atoms with Gasteiger partial charge in [0, 0.05) is 31.2 Å². The zero-order chi connectivity index (χ0) is 15.2. The predicted octanol–water partition coefficient (Wildman–Crippen LogP) is 3.14. The number of hydrogen-bond acceptors (Lipinski definition) is 4. The number of aliphatic hydroxyl groups is 1. The predicted molar refractivity (Wildman–Crippen MR) is 79.4 cm³/mol.